The van der Waals surface area contributed by atoms with Crippen LogP contribution in [0.15, 0.2) is 66.7 Å². The number of hydrogen-bond acceptors (Lipinski definition) is 4. The van der Waals surface area contributed by atoms with Gasteiger partial charge in [0.25, 0.3) is 5.91 Å². The number of methoxy groups -OCH3 is 1. The van der Waals surface area contributed by atoms with Crippen LogP contribution in [0.1, 0.15) is 26.3 Å². The van der Waals surface area contributed by atoms with Crippen molar-refractivity contribution in [2.24, 2.45) is 0 Å². The van der Waals surface area contributed by atoms with Crippen LogP contribution in [0.4, 0.5) is 5.69 Å². The second kappa shape index (κ2) is 7.59. The number of aromatic amines is 1. The van der Waals surface area contributed by atoms with Crippen molar-refractivity contribution in [1.82, 2.24) is 9.97 Å². The fourth-order valence-electron chi connectivity index (χ4n) is 3.01. The number of rotatable bonds is 4. The van der Waals surface area contributed by atoms with E-state index in [1.807, 2.05) is 37.3 Å². The summed E-state index contributed by atoms with van der Waals surface area (Å²) in [6.45, 7) is 2.00. The van der Waals surface area contributed by atoms with Gasteiger partial charge in [-0.2, -0.15) is 0 Å². The molecule has 3 aromatic carbocycles. The summed E-state index contributed by atoms with van der Waals surface area (Å²) in [5.74, 6) is 0.0900. The lowest BCUT2D eigenvalue weighted by Crippen LogP contribution is -2.11. The van der Waals surface area contributed by atoms with Gasteiger partial charge in [-0.05, 0) is 49.4 Å². The molecule has 6 heteroatoms. The van der Waals surface area contributed by atoms with Crippen molar-refractivity contribution in [1.29, 1.82) is 0 Å². The van der Waals surface area contributed by atoms with Crippen molar-refractivity contribution < 1.29 is 14.3 Å². The van der Waals surface area contributed by atoms with Gasteiger partial charge in [-0.25, -0.2) is 9.78 Å². The van der Waals surface area contributed by atoms with E-state index in [-0.39, 0.29) is 11.9 Å². The first kappa shape index (κ1) is 18.4. The number of nitrogens with zero attached hydrogens (tertiary/aromatic N) is 1. The quantitative estimate of drug-likeness (QED) is 0.504. The lowest BCUT2D eigenvalue weighted by molar-refractivity contribution is 0.0600. The number of amides is 1. The second-order valence-corrected chi connectivity index (χ2v) is 6.71. The summed E-state index contributed by atoms with van der Waals surface area (Å²) < 4.78 is 4.71. The van der Waals surface area contributed by atoms with Crippen LogP contribution in [-0.4, -0.2) is 29.0 Å². The second-order valence-electron chi connectivity index (χ2n) is 6.71. The van der Waals surface area contributed by atoms with E-state index in [2.05, 4.69) is 15.3 Å². The molecular weight excluding hydrogens is 366 g/mol. The number of H-pyrrole nitrogens is 1. The SMILES string of the molecule is COC(=O)c1ccc(-c2nc3ccc(C(=O)Nc4ccc(C)cc4)cc3[nH]2)cc1. The summed E-state index contributed by atoms with van der Waals surface area (Å²) >= 11 is 0. The van der Waals surface area contributed by atoms with Crippen LogP contribution in [0, 0.1) is 6.92 Å². The minimum absolute atomic E-state index is 0.186. The molecule has 1 aromatic heterocycles. The van der Waals surface area contributed by atoms with Gasteiger partial charge in [0.05, 0.1) is 23.7 Å². The Hall–Kier alpha value is -3.93. The van der Waals surface area contributed by atoms with Crippen molar-refractivity contribution in [2.45, 2.75) is 6.92 Å². The Morgan fingerprint density at radius 3 is 2.31 bits per heavy atom. The van der Waals surface area contributed by atoms with Gasteiger partial charge in [0, 0.05) is 16.8 Å². The van der Waals surface area contributed by atoms with Crippen molar-refractivity contribution in [2.75, 3.05) is 12.4 Å². The van der Waals surface area contributed by atoms with Crippen molar-refractivity contribution in [3.8, 4) is 11.4 Å². The Bertz CT molecular complexity index is 1190. The lowest BCUT2D eigenvalue weighted by Gasteiger charge is -2.05. The molecule has 0 spiro atoms. The number of esters is 1. The number of anilines is 1. The molecular formula is C23H19N3O3. The highest BCUT2D eigenvalue weighted by molar-refractivity contribution is 6.06. The molecule has 2 N–H and O–H groups in total. The monoisotopic (exact) mass is 385 g/mol. The van der Waals surface area contributed by atoms with Crippen LogP contribution >= 0.6 is 0 Å². The third kappa shape index (κ3) is 3.87. The molecule has 0 aliphatic carbocycles. The molecule has 29 heavy (non-hydrogen) atoms. The Balaban J connectivity index is 1.58. The van der Waals surface area contributed by atoms with Gasteiger partial charge in [-0.3, -0.25) is 4.79 Å². The summed E-state index contributed by atoms with van der Waals surface area (Å²) in [6.07, 6.45) is 0. The number of fused-ring (bicyclic) bond motifs is 1. The molecule has 0 atom stereocenters. The number of aromatic nitrogens is 2. The number of aryl methyl sites for hydroxylation is 1. The Morgan fingerprint density at radius 1 is 0.931 bits per heavy atom. The molecule has 0 saturated heterocycles. The van der Waals surface area contributed by atoms with Gasteiger partial charge < -0.3 is 15.0 Å². The largest absolute Gasteiger partial charge is 0.465 e. The number of nitrogens with one attached hydrogen (secondary N) is 2. The van der Waals surface area contributed by atoms with Crippen LogP contribution in [-0.2, 0) is 4.74 Å². The lowest BCUT2D eigenvalue weighted by atomic mass is 10.1. The average Bonchev–Trinajstić information content (AvgIpc) is 3.18. The highest BCUT2D eigenvalue weighted by Gasteiger charge is 2.11. The predicted molar refractivity (Wildman–Crippen MR) is 112 cm³/mol. The van der Waals surface area contributed by atoms with Gasteiger partial charge >= 0.3 is 5.97 Å². The van der Waals surface area contributed by atoms with Crippen LogP contribution < -0.4 is 5.32 Å². The smallest absolute Gasteiger partial charge is 0.337 e. The molecule has 0 aliphatic heterocycles. The van der Waals surface area contributed by atoms with E-state index in [1.54, 1.807) is 36.4 Å². The Morgan fingerprint density at radius 2 is 1.62 bits per heavy atom. The van der Waals surface area contributed by atoms with Crippen LogP contribution in [0.5, 0.6) is 0 Å². The first-order valence-electron chi connectivity index (χ1n) is 9.10. The molecule has 1 amide bonds. The van der Waals surface area contributed by atoms with E-state index < -0.39 is 0 Å². The van der Waals surface area contributed by atoms with E-state index in [0.29, 0.717) is 17.0 Å². The molecule has 6 nitrogen and oxygen atoms in total. The summed E-state index contributed by atoms with van der Waals surface area (Å²) in [5, 5.41) is 2.89. The zero-order valence-electron chi connectivity index (χ0n) is 16.0. The van der Waals surface area contributed by atoms with E-state index in [0.717, 1.165) is 27.8 Å². The van der Waals surface area contributed by atoms with Gasteiger partial charge in [0.1, 0.15) is 5.82 Å². The van der Waals surface area contributed by atoms with Crippen molar-refractivity contribution in [3.63, 3.8) is 0 Å². The van der Waals surface area contributed by atoms with Crippen LogP contribution in [0.3, 0.4) is 0 Å². The summed E-state index contributed by atoms with van der Waals surface area (Å²) in [7, 11) is 1.35. The van der Waals surface area contributed by atoms with Gasteiger partial charge in [-0.1, -0.05) is 29.8 Å². The Kier molecular flexibility index (Phi) is 4.83. The van der Waals surface area contributed by atoms with Gasteiger partial charge in [0.15, 0.2) is 0 Å². The van der Waals surface area contributed by atoms with Crippen molar-refractivity contribution >= 4 is 28.6 Å². The van der Waals surface area contributed by atoms with Gasteiger partial charge in [-0.15, -0.1) is 0 Å². The normalized spacial score (nSPS) is 10.7. The third-order valence-electron chi connectivity index (χ3n) is 4.63. The molecule has 0 unspecified atom stereocenters. The zero-order chi connectivity index (χ0) is 20.4. The van der Waals surface area contributed by atoms with Crippen molar-refractivity contribution in [3.05, 3.63) is 83.4 Å². The molecule has 0 radical (unpaired) electrons. The minimum atomic E-state index is -0.384. The number of benzene rings is 3. The third-order valence-corrected chi connectivity index (χ3v) is 4.63. The molecule has 0 aliphatic rings. The first-order valence-corrected chi connectivity index (χ1v) is 9.10. The number of carbonyl (C=O) groups is 2. The molecule has 144 valence electrons. The standard InChI is InChI=1S/C23H19N3O3/c1-14-3-10-18(11-4-14)24-22(27)17-9-12-19-20(13-17)26-21(25-19)15-5-7-16(8-6-15)23(28)29-2/h3-13H,1-2H3,(H,24,27)(H,25,26). The summed E-state index contributed by atoms with van der Waals surface area (Å²) in [6, 6.07) is 20.0. The number of hydrogen-bond donors (Lipinski definition) is 2. The maximum atomic E-state index is 12.6. The number of carbonyl (C=O) groups excluding carboxylic acids is 2. The fourth-order valence-corrected chi connectivity index (χ4v) is 3.01. The number of imidazole rings is 1. The highest BCUT2D eigenvalue weighted by Crippen LogP contribution is 2.22. The van der Waals surface area contributed by atoms with Gasteiger partial charge in [0.2, 0.25) is 0 Å². The first-order chi connectivity index (χ1) is 14.0. The fraction of sp³-hybridized carbons (Fsp3) is 0.0870. The molecule has 1 heterocycles. The maximum absolute atomic E-state index is 12.6. The maximum Gasteiger partial charge on any atom is 0.337 e. The topological polar surface area (TPSA) is 84.1 Å². The Labute approximate surface area is 167 Å². The van der Waals surface area contributed by atoms with E-state index >= 15 is 0 Å². The molecule has 4 rings (SSSR count). The highest BCUT2D eigenvalue weighted by atomic mass is 16.5. The van der Waals surface area contributed by atoms with Crippen LogP contribution in [0.2, 0.25) is 0 Å². The van der Waals surface area contributed by atoms with E-state index in [1.165, 1.54) is 7.11 Å². The summed E-state index contributed by atoms with van der Waals surface area (Å²) in [5.41, 5.74) is 5.24. The molecule has 4 aromatic rings. The average molecular weight is 385 g/mol. The van der Waals surface area contributed by atoms with Crippen LogP contribution in [0.25, 0.3) is 22.4 Å². The number of ether oxygens (including phenoxy) is 1. The predicted octanol–water partition coefficient (Wildman–Crippen LogP) is 4.58. The molecule has 0 saturated carbocycles. The van der Waals surface area contributed by atoms with E-state index in [4.69, 9.17) is 4.74 Å². The van der Waals surface area contributed by atoms with E-state index in [9.17, 15) is 9.59 Å². The zero-order valence-corrected chi connectivity index (χ0v) is 16.0. The summed E-state index contributed by atoms with van der Waals surface area (Å²) in [4.78, 5) is 31.9. The minimum Gasteiger partial charge on any atom is -0.465 e. The molecule has 0 bridgehead atoms. The molecule has 0 fully saturated rings.